The number of anilines is 1. The number of aryl methyl sites for hydroxylation is 1. The van der Waals surface area contributed by atoms with Gasteiger partial charge in [0.2, 0.25) is 0 Å². The SMILES string of the molecule is CCCNCc1cc(C)ccc1N(C)C1CCN(C)CC1. The first-order chi connectivity index (χ1) is 10.1. The van der Waals surface area contributed by atoms with Gasteiger partial charge in [-0.05, 0) is 64.5 Å². The fourth-order valence-electron chi connectivity index (χ4n) is 3.18. The van der Waals surface area contributed by atoms with Gasteiger partial charge in [-0.25, -0.2) is 0 Å². The molecule has 0 saturated carbocycles. The molecule has 1 aliphatic heterocycles. The van der Waals surface area contributed by atoms with Crippen LogP contribution in [0.15, 0.2) is 18.2 Å². The third kappa shape index (κ3) is 4.45. The molecule has 3 heteroatoms. The summed E-state index contributed by atoms with van der Waals surface area (Å²) in [6.45, 7) is 8.89. The van der Waals surface area contributed by atoms with Crippen molar-refractivity contribution in [2.24, 2.45) is 0 Å². The van der Waals surface area contributed by atoms with Gasteiger partial charge in [0.15, 0.2) is 0 Å². The number of piperidine rings is 1. The Morgan fingerprint density at radius 3 is 2.67 bits per heavy atom. The van der Waals surface area contributed by atoms with Crippen LogP contribution in [0, 0.1) is 6.92 Å². The standard InChI is InChI=1S/C18H31N3/c1-5-10-19-14-16-13-15(2)6-7-18(16)21(4)17-8-11-20(3)12-9-17/h6-7,13,17,19H,5,8-12,14H2,1-4H3. The van der Waals surface area contributed by atoms with E-state index in [9.17, 15) is 0 Å². The van der Waals surface area contributed by atoms with E-state index in [1.54, 1.807) is 0 Å². The number of rotatable bonds is 6. The van der Waals surface area contributed by atoms with Crippen LogP contribution in [0.3, 0.4) is 0 Å². The van der Waals surface area contributed by atoms with E-state index in [0.29, 0.717) is 6.04 Å². The van der Waals surface area contributed by atoms with Gasteiger partial charge in [0, 0.05) is 25.3 Å². The van der Waals surface area contributed by atoms with Crippen LogP contribution in [0.2, 0.25) is 0 Å². The smallest absolute Gasteiger partial charge is 0.0411 e. The van der Waals surface area contributed by atoms with Gasteiger partial charge in [-0.15, -0.1) is 0 Å². The monoisotopic (exact) mass is 289 g/mol. The predicted molar refractivity (Wildman–Crippen MR) is 92.1 cm³/mol. The molecule has 1 saturated heterocycles. The minimum absolute atomic E-state index is 0.675. The molecule has 0 amide bonds. The van der Waals surface area contributed by atoms with Gasteiger partial charge in [0.25, 0.3) is 0 Å². The molecule has 1 aliphatic rings. The molecule has 1 fully saturated rings. The summed E-state index contributed by atoms with van der Waals surface area (Å²) in [6.07, 6.45) is 3.72. The number of nitrogens with zero attached hydrogens (tertiary/aromatic N) is 2. The van der Waals surface area contributed by atoms with Crippen LogP contribution in [-0.4, -0.2) is 44.7 Å². The maximum Gasteiger partial charge on any atom is 0.0411 e. The Morgan fingerprint density at radius 1 is 1.29 bits per heavy atom. The molecule has 0 atom stereocenters. The highest BCUT2D eigenvalue weighted by molar-refractivity contribution is 5.55. The summed E-state index contributed by atoms with van der Waals surface area (Å²) in [5, 5.41) is 3.55. The van der Waals surface area contributed by atoms with E-state index < -0.39 is 0 Å². The van der Waals surface area contributed by atoms with E-state index >= 15 is 0 Å². The second-order valence-electron chi connectivity index (χ2n) is 6.45. The lowest BCUT2D eigenvalue weighted by Crippen LogP contribution is -2.42. The van der Waals surface area contributed by atoms with Crippen molar-refractivity contribution in [1.82, 2.24) is 10.2 Å². The normalized spacial score (nSPS) is 17.1. The lowest BCUT2D eigenvalue weighted by molar-refractivity contribution is 0.252. The molecule has 0 aromatic heterocycles. The number of hydrogen-bond donors (Lipinski definition) is 1. The van der Waals surface area contributed by atoms with Gasteiger partial charge in [-0.1, -0.05) is 24.6 Å². The number of benzene rings is 1. The maximum atomic E-state index is 3.55. The number of likely N-dealkylation sites (tertiary alicyclic amines) is 1. The van der Waals surface area contributed by atoms with E-state index in [-0.39, 0.29) is 0 Å². The van der Waals surface area contributed by atoms with E-state index in [1.165, 1.54) is 49.2 Å². The molecule has 1 heterocycles. The zero-order valence-electron chi connectivity index (χ0n) is 14.2. The van der Waals surface area contributed by atoms with Crippen molar-refractivity contribution in [3.05, 3.63) is 29.3 Å². The third-order valence-electron chi connectivity index (χ3n) is 4.59. The molecule has 0 bridgehead atoms. The summed E-state index contributed by atoms with van der Waals surface area (Å²) in [4.78, 5) is 4.94. The molecule has 0 radical (unpaired) electrons. The van der Waals surface area contributed by atoms with Crippen LogP contribution in [0.25, 0.3) is 0 Å². The fraction of sp³-hybridized carbons (Fsp3) is 0.667. The maximum absolute atomic E-state index is 3.55. The Bertz CT molecular complexity index is 436. The molecule has 1 aromatic rings. The van der Waals surface area contributed by atoms with E-state index in [1.807, 2.05) is 0 Å². The first-order valence-corrected chi connectivity index (χ1v) is 8.33. The molecular weight excluding hydrogens is 258 g/mol. The quantitative estimate of drug-likeness (QED) is 0.812. The van der Waals surface area contributed by atoms with Crippen LogP contribution < -0.4 is 10.2 Å². The topological polar surface area (TPSA) is 18.5 Å². The summed E-state index contributed by atoms with van der Waals surface area (Å²) < 4.78 is 0. The molecule has 0 aliphatic carbocycles. The molecule has 0 spiro atoms. The summed E-state index contributed by atoms with van der Waals surface area (Å²) in [5.41, 5.74) is 4.19. The largest absolute Gasteiger partial charge is 0.371 e. The molecular formula is C18H31N3. The Kier molecular flexibility index (Phi) is 6.07. The van der Waals surface area contributed by atoms with Gasteiger partial charge >= 0.3 is 0 Å². The second kappa shape index (κ2) is 7.81. The van der Waals surface area contributed by atoms with E-state index in [4.69, 9.17) is 0 Å². The molecule has 21 heavy (non-hydrogen) atoms. The fourth-order valence-corrected chi connectivity index (χ4v) is 3.18. The zero-order chi connectivity index (χ0) is 15.2. The summed E-state index contributed by atoms with van der Waals surface area (Å²) >= 11 is 0. The first-order valence-electron chi connectivity index (χ1n) is 8.33. The van der Waals surface area contributed by atoms with Gasteiger partial charge in [0.1, 0.15) is 0 Å². The molecule has 1 N–H and O–H groups in total. The number of nitrogens with one attached hydrogen (secondary N) is 1. The van der Waals surface area contributed by atoms with E-state index in [2.05, 4.69) is 61.3 Å². The van der Waals surface area contributed by atoms with Crippen LogP contribution in [0.4, 0.5) is 5.69 Å². The van der Waals surface area contributed by atoms with Crippen molar-refractivity contribution in [3.63, 3.8) is 0 Å². The lowest BCUT2D eigenvalue weighted by atomic mass is 10.0. The van der Waals surface area contributed by atoms with Gasteiger partial charge in [0.05, 0.1) is 0 Å². The predicted octanol–water partition coefficient (Wildman–Crippen LogP) is 3.03. The van der Waals surface area contributed by atoms with Crippen molar-refractivity contribution < 1.29 is 0 Å². The van der Waals surface area contributed by atoms with Gasteiger partial charge in [-0.3, -0.25) is 0 Å². The van der Waals surface area contributed by atoms with Gasteiger partial charge in [-0.2, -0.15) is 0 Å². The zero-order valence-corrected chi connectivity index (χ0v) is 14.2. The Morgan fingerprint density at radius 2 is 2.00 bits per heavy atom. The Balaban J connectivity index is 2.09. The summed E-state index contributed by atoms with van der Waals surface area (Å²) in [6, 6.07) is 7.55. The molecule has 0 unspecified atom stereocenters. The molecule has 118 valence electrons. The average molecular weight is 289 g/mol. The van der Waals surface area contributed by atoms with Crippen LogP contribution in [-0.2, 0) is 6.54 Å². The highest BCUT2D eigenvalue weighted by Crippen LogP contribution is 2.26. The average Bonchev–Trinajstić information content (AvgIpc) is 2.48. The number of hydrogen-bond acceptors (Lipinski definition) is 3. The molecule has 1 aromatic carbocycles. The van der Waals surface area contributed by atoms with Crippen molar-refractivity contribution >= 4 is 5.69 Å². The van der Waals surface area contributed by atoms with Crippen LogP contribution in [0.5, 0.6) is 0 Å². The highest BCUT2D eigenvalue weighted by Gasteiger charge is 2.22. The van der Waals surface area contributed by atoms with Crippen molar-refractivity contribution in [1.29, 1.82) is 0 Å². The first kappa shape index (κ1) is 16.3. The third-order valence-corrected chi connectivity index (χ3v) is 4.59. The van der Waals surface area contributed by atoms with Gasteiger partial charge < -0.3 is 15.1 Å². The van der Waals surface area contributed by atoms with Crippen LogP contribution >= 0.6 is 0 Å². The molecule has 3 nitrogen and oxygen atoms in total. The van der Waals surface area contributed by atoms with E-state index in [0.717, 1.165) is 13.1 Å². The summed E-state index contributed by atoms with van der Waals surface area (Å²) in [7, 11) is 4.49. The molecule has 2 rings (SSSR count). The lowest BCUT2D eigenvalue weighted by Gasteiger charge is -2.37. The Labute approximate surface area is 130 Å². The minimum Gasteiger partial charge on any atom is -0.371 e. The second-order valence-corrected chi connectivity index (χ2v) is 6.45. The van der Waals surface area contributed by atoms with Crippen molar-refractivity contribution in [2.75, 3.05) is 38.6 Å². The summed E-state index contributed by atoms with van der Waals surface area (Å²) in [5.74, 6) is 0. The Hall–Kier alpha value is -1.06. The highest BCUT2D eigenvalue weighted by atomic mass is 15.2. The van der Waals surface area contributed by atoms with Crippen molar-refractivity contribution in [3.8, 4) is 0 Å². The van der Waals surface area contributed by atoms with Crippen molar-refractivity contribution in [2.45, 2.75) is 45.7 Å². The van der Waals surface area contributed by atoms with Crippen LogP contribution in [0.1, 0.15) is 37.3 Å². The minimum atomic E-state index is 0.675.